The van der Waals surface area contributed by atoms with Gasteiger partial charge in [-0.1, -0.05) is 23.9 Å². The summed E-state index contributed by atoms with van der Waals surface area (Å²) in [5.74, 6) is 0.961. The number of para-hydroxylation sites is 2. The molecular formula is C17H13FN6OS. The molecule has 0 unspecified atom stereocenters. The number of anilines is 3. The van der Waals surface area contributed by atoms with Gasteiger partial charge in [-0.05, 0) is 36.4 Å². The Balaban J connectivity index is 1.49. The van der Waals surface area contributed by atoms with Crippen molar-refractivity contribution in [3.05, 3.63) is 60.2 Å². The number of aromatic nitrogens is 4. The van der Waals surface area contributed by atoms with Crippen LogP contribution in [-0.2, 0) is 5.75 Å². The molecule has 0 atom stereocenters. The number of thioether (sulfide) groups is 1. The smallest absolute Gasteiger partial charge is 0.257 e. The van der Waals surface area contributed by atoms with Crippen LogP contribution >= 0.6 is 11.8 Å². The molecule has 0 radical (unpaired) electrons. The van der Waals surface area contributed by atoms with Crippen molar-refractivity contribution in [2.75, 3.05) is 11.1 Å². The van der Waals surface area contributed by atoms with Crippen molar-refractivity contribution in [2.24, 2.45) is 0 Å². The van der Waals surface area contributed by atoms with E-state index in [2.05, 4.69) is 25.3 Å². The summed E-state index contributed by atoms with van der Waals surface area (Å²) in [5.41, 5.74) is 7.93. The Hall–Kier alpha value is -3.20. The molecule has 9 heteroatoms. The monoisotopic (exact) mass is 368 g/mol. The number of hydrogen-bond donors (Lipinski definition) is 2. The number of nitrogen functional groups attached to an aromatic ring is 1. The van der Waals surface area contributed by atoms with Crippen LogP contribution in [0, 0.1) is 5.82 Å². The highest BCUT2D eigenvalue weighted by Crippen LogP contribution is 2.25. The largest absolute Gasteiger partial charge is 0.431 e. The van der Waals surface area contributed by atoms with Gasteiger partial charge in [0.25, 0.3) is 5.22 Å². The molecule has 0 aliphatic carbocycles. The average Bonchev–Trinajstić information content (AvgIpc) is 3.04. The fourth-order valence-corrected chi connectivity index (χ4v) is 2.95. The van der Waals surface area contributed by atoms with Gasteiger partial charge in [0.15, 0.2) is 5.58 Å². The lowest BCUT2D eigenvalue weighted by atomic mass is 10.3. The topological polar surface area (TPSA) is 103 Å². The molecule has 0 saturated heterocycles. The molecule has 130 valence electrons. The Morgan fingerprint density at radius 3 is 2.62 bits per heavy atom. The summed E-state index contributed by atoms with van der Waals surface area (Å²) in [7, 11) is 0. The number of rotatable bonds is 5. The maximum Gasteiger partial charge on any atom is 0.257 e. The van der Waals surface area contributed by atoms with Gasteiger partial charge in [0.05, 0.1) is 5.75 Å². The second-order valence-corrected chi connectivity index (χ2v) is 6.23. The molecule has 2 aromatic heterocycles. The van der Waals surface area contributed by atoms with Gasteiger partial charge < -0.3 is 15.5 Å². The Labute approximate surface area is 151 Å². The van der Waals surface area contributed by atoms with E-state index in [0.29, 0.717) is 22.5 Å². The number of oxazole rings is 1. The van der Waals surface area contributed by atoms with Gasteiger partial charge in [0, 0.05) is 5.69 Å². The van der Waals surface area contributed by atoms with Crippen molar-refractivity contribution in [3.8, 4) is 0 Å². The lowest BCUT2D eigenvalue weighted by Crippen LogP contribution is -2.06. The van der Waals surface area contributed by atoms with E-state index in [1.54, 1.807) is 12.1 Å². The van der Waals surface area contributed by atoms with E-state index >= 15 is 0 Å². The van der Waals surface area contributed by atoms with Gasteiger partial charge >= 0.3 is 0 Å². The van der Waals surface area contributed by atoms with Crippen molar-refractivity contribution < 1.29 is 8.81 Å². The van der Waals surface area contributed by atoms with Crippen molar-refractivity contribution in [3.63, 3.8) is 0 Å². The fourth-order valence-electron chi connectivity index (χ4n) is 2.26. The van der Waals surface area contributed by atoms with E-state index in [4.69, 9.17) is 10.2 Å². The molecule has 0 aliphatic rings. The summed E-state index contributed by atoms with van der Waals surface area (Å²) in [4.78, 5) is 16.9. The van der Waals surface area contributed by atoms with Crippen LogP contribution in [-0.4, -0.2) is 19.9 Å². The molecule has 0 aliphatic heterocycles. The second-order valence-electron chi connectivity index (χ2n) is 5.30. The molecule has 3 N–H and O–H groups in total. The zero-order valence-electron chi connectivity index (χ0n) is 13.4. The Morgan fingerprint density at radius 1 is 1.00 bits per heavy atom. The zero-order valence-corrected chi connectivity index (χ0v) is 14.2. The van der Waals surface area contributed by atoms with Crippen molar-refractivity contribution in [1.29, 1.82) is 0 Å². The van der Waals surface area contributed by atoms with E-state index in [-0.39, 0.29) is 17.7 Å². The standard InChI is InChI=1S/C17H13FN6OS/c18-10-5-7-11(8-6-10)20-16-23-14(22-15(19)24-16)9-26-17-21-12-3-1-2-4-13(12)25-17/h1-8H,9H2,(H3,19,20,22,23,24). The third kappa shape index (κ3) is 3.72. The minimum absolute atomic E-state index is 0.0952. The minimum atomic E-state index is -0.318. The highest BCUT2D eigenvalue weighted by molar-refractivity contribution is 7.98. The van der Waals surface area contributed by atoms with Crippen LogP contribution in [0.2, 0.25) is 0 Å². The van der Waals surface area contributed by atoms with Gasteiger partial charge in [0.2, 0.25) is 11.9 Å². The van der Waals surface area contributed by atoms with Crippen molar-refractivity contribution >= 4 is 40.4 Å². The number of nitrogens with one attached hydrogen (secondary N) is 1. The number of fused-ring (bicyclic) bond motifs is 1. The van der Waals surface area contributed by atoms with Gasteiger partial charge in [-0.3, -0.25) is 0 Å². The van der Waals surface area contributed by atoms with Crippen LogP contribution in [0.15, 0.2) is 58.2 Å². The highest BCUT2D eigenvalue weighted by atomic mass is 32.2. The maximum absolute atomic E-state index is 13.0. The molecule has 2 heterocycles. The van der Waals surface area contributed by atoms with Crippen LogP contribution in [0.3, 0.4) is 0 Å². The van der Waals surface area contributed by atoms with Crippen LogP contribution in [0.1, 0.15) is 5.82 Å². The predicted octanol–water partition coefficient (Wildman–Crippen LogP) is 3.77. The van der Waals surface area contributed by atoms with Crippen LogP contribution in [0.25, 0.3) is 11.1 Å². The number of nitrogens with two attached hydrogens (primary N) is 1. The Kier molecular flexibility index (Phi) is 4.36. The quantitative estimate of drug-likeness (QED) is 0.513. The fraction of sp³-hybridized carbons (Fsp3) is 0.0588. The Morgan fingerprint density at radius 2 is 1.81 bits per heavy atom. The van der Waals surface area contributed by atoms with Crippen molar-refractivity contribution in [2.45, 2.75) is 11.0 Å². The highest BCUT2D eigenvalue weighted by Gasteiger charge is 2.10. The second kappa shape index (κ2) is 6.96. The van der Waals surface area contributed by atoms with E-state index in [1.165, 1.54) is 23.9 Å². The first-order valence-electron chi connectivity index (χ1n) is 7.67. The molecule has 4 rings (SSSR count). The Bertz CT molecular complexity index is 1020. The first-order valence-corrected chi connectivity index (χ1v) is 8.66. The molecular weight excluding hydrogens is 355 g/mol. The molecule has 0 saturated carbocycles. The number of benzene rings is 2. The van der Waals surface area contributed by atoms with Gasteiger partial charge in [-0.25, -0.2) is 9.37 Å². The van der Waals surface area contributed by atoms with Gasteiger partial charge in [0.1, 0.15) is 17.2 Å². The first-order chi connectivity index (χ1) is 12.7. The average molecular weight is 368 g/mol. The van der Waals surface area contributed by atoms with Gasteiger partial charge in [-0.15, -0.1) is 0 Å². The van der Waals surface area contributed by atoms with Crippen LogP contribution in [0.5, 0.6) is 0 Å². The lowest BCUT2D eigenvalue weighted by molar-refractivity contribution is 0.489. The molecule has 26 heavy (non-hydrogen) atoms. The summed E-state index contributed by atoms with van der Waals surface area (Å²) < 4.78 is 18.6. The summed E-state index contributed by atoms with van der Waals surface area (Å²) in [6.45, 7) is 0. The number of hydrogen-bond acceptors (Lipinski definition) is 8. The predicted molar refractivity (Wildman–Crippen MR) is 97.5 cm³/mol. The van der Waals surface area contributed by atoms with Crippen LogP contribution in [0.4, 0.5) is 22.0 Å². The van der Waals surface area contributed by atoms with E-state index < -0.39 is 0 Å². The molecule has 7 nitrogen and oxygen atoms in total. The van der Waals surface area contributed by atoms with Crippen LogP contribution < -0.4 is 11.1 Å². The minimum Gasteiger partial charge on any atom is -0.431 e. The summed E-state index contributed by atoms with van der Waals surface area (Å²) in [6.07, 6.45) is 0. The van der Waals surface area contributed by atoms with E-state index in [9.17, 15) is 4.39 Å². The first kappa shape index (κ1) is 16.3. The molecule has 0 spiro atoms. The number of nitrogens with zero attached hydrogens (tertiary/aromatic N) is 4. The summed E-state index contributed by atoms with van der Waals surface area (Å²) in [5, 5.41) is 3.50. The van der Waals surface area contributed by atoms with Gasteiger partial charge in [-0.2, -0.15) is 15.0 Å². The number of halogens is 1. The molecule has 0 fully saturated rings. The normalized spacial score (nSPS) is 11.0. The lowest BCUT2D eigenvalue weighted by Gasteiger charge is -2.06. The van der Waals surface area contributed by atoms with E-state index in [0.717, 1.165) is 11.1 Å². The summed E-state index contributed by atoms with van der Waals surface area (Å²) >= 11 is 1.36. The SMILES string of the molecule is Nc1nc(CSc2nc3ccccc3o2)nc(Nc2ccc(F)cc2)n1. The molecule has 0 bridgehead atoms. The molecule has 2 aromatic carbocycles. The third-order valence-electron chi connectivity index (χ3n) is 3.40. The zero-order chi connectivity index (χ0) is 17.9. The maximum atomic E-state index is 13.0. The van der Waals surface area contributed by atoms with Crippen molar-refractivity contribution in [1.82, 2.24) is 19.9 Å². The van der Waals surface area contributed by atoms with E-state index in [1.807, 2.05) is 24.3 Å². The molecule has 0 amide bonds. The molecule has 4 aromatic rings. The summed E-state index contributed by atoms with van der Waals surface area (Å²) in [6, 6.07) is 13.4. The third-order valence-corrected chi connectivity index (χ3v) is 4.22.